The smallest absolute Gasteiger partial charge is 0.313 e. The minimum Gasteiger partial charge on any atom is -0.488 e. The fourth-order valence-electron chi connectivity index (χ4n) is 4.79. The number of hydrogen-bond donors (Lipinski definition) is 0. The van der Waals surface area contributed by atoms with Crippen LogP contribution in [0.2, 0.25) is 0 Å². The van der Waals surface area contributed by atoms with E-state index in [1.807, 2.05) is 26.0 Å². The van der Waals surface area contributed by atoms with Crippen molar-refractivity contribution in [3.8, 4) is 11.5 Å². The number of rotatable bonds is 8. The Labute approximate surface area is 188 Å². The summed E-state index contributed by atoms with van der Waals surface area (Å²) in [6.07, 6.45) is 8.17. The first-order valence-electron chi connectivity index (χ1n) is 11.9. The Morgan fingerprint density at radius 2 is 1.42 bits per heavy atom. The summed E-state index contributed by atoms with van der Waals surface area (Å²) in [5.74, 6) is 1.23. The summed E-state index contributed by atoms with van der Waals surface area (Å²) in [6.45, 7) is 10.2. The molecule has 0 radical (unpaired) electrons. The Kier molecular flexibility index (Phi) is 7.46. The zero-order valence-electron chi connectivity index (χ0n) is 19.9. The number of ether oxygens (including phenoxy) is 2. The minimum absolute atomic E-state index is 0.0102. The van der Waals surface area contributed by atoms with Gasteiger partial charge >= 0.3 is 5.97 Å². The first kappa shape index (κ1) is 23.4. The average Bonchev–Trinajstić information content (AvgIpc) is 2.75. The summed E-state index contributed by atoms with van der Waals surface area (Å²) in [5.41, 5.74) is 2.51. The van der Waals surface area contributed by atoms with Gasteiger partial charge in [0.15, 0.2) is 0 Å². The van der Waals surface area contributed by atoms with Gasteiger partial charge in [-0.25, -0.2) is 0 Å². The third-order valence-electron chi connectivity index (χ3n) is 6.46. The molecule has 168 valence electrons. The maximum absolute atomic E-state index is 11.9. The van der Waals surface area contributed by atoms with Crippen molar-refractivity contribution in [2.45, 2.75) is 90.6 Å². The second-order valence-electron chi connectivity index (χ2n) is 9.88. The molecule has 3 nitrogen and oxygen atoms in total. The SMILES string of the molecule is CCCC(C)(C)Oc1ccc(C2(c3ccc(OC(=O)C(C)C)cc3)CCCCC2)cc1. The van der Waals surface area contributed by atoms with Crippen LogP contribution in [0.15, 0.2) is 48.5 Å². The standard InChI is InChI=1S/C28H38O3/c1-6-18-27(4,5)31-25-16-12-23(13-17-25)28(19-8-7-9-20-28)22-10-14-24(15-11-22)30-26(29)21(2)3/h10-17,21H,6-9,18-20H2,1-5H3. The van der Waals surface area contributed by atoms with E-state index in [0.29, 0.717) is 5.75 Å². The molecule has 1 fully saturated rings. The summed E-state index contributed by atoms with van der Waals surface area (Å²) in [7, 11) is 0. The van der Waals surface area contributed by atoms with Gasteiger partial charge in [0.2, 0.25) is 0 Å². The van der Waals surface area contributed by atoms with Crippen LogP contribution in [0.25, 0.3) is 0 Å². The van der Waals surface area contributed by atoms with E-state index >= 15 is 0 Å². The number of esters is 1. The first-order chi connectivity index (χ1) is 14.8. The van der Waals surface area contributed by atoms with E-state index in [-0.39, 0.29) is 22.9 Å². The summed E-state index contributed by atoms with van der Waals surface area (Å²) < 4.78 is 11.7. The molecule has 1 aliphatic carbocycles. The maximum Gasteiger partial charge on any atom is 0.313 e. The number of hydrogen-bond acceptors (Lipinski definition) is 3. The summed E-state index contributed by atoms with van der Waals surface area (Å²) in [6, 6.07) is 16.9. The lowest BCUT2D eigenvalue weighted by Crippen LogP contribution is -2.30. The molecule has 0 atom stereocenters. The Hall–Kier alpha value is -2.29. The van der Waals surface area contributed by atoms with Crippen molar-refractivity contribution in [1.29, 1.82) is 0 Å². The third kappa shape index (κ3) is 5.70. The predicted octanol–water partition coefficient (Wildman–Crippen LogP) is 7.46. The Bertz CT molecular complexity index is 841. The van der Waals surface area contributed by atoms with Gasteiger partial charge in [-0.3, -0.25) is 4.79 Å². The molecule has 0 aromatic heterocycles. The van der Waals surface area contributed by atoms with Crippen molar-refractivity contribution in [2.75, 3.05) is 0 Å². The fraction of sp³-hybridized carbons (Fsp3) is 0.536. The highest BCUT2D eigenvalue weighted by molar-refractivity contribution is 5.74. The molecule has 2 aromatic carbocycles. The van der Waals surface area contributed by atoms with E-state index in [1.54, 1.807) is 0 Å². The molecule has 0 amide bonds. The maximum atomic E-state index is 11.9. The van der Waals surface area contributed by atoms with Crippen LogP contribution in [0.5, 0.6) is 11.5 Å². The highest BCUT2D eigenvalue weighted by atomic mass is 16.5. The van der Waals surface area contributed by atoms with Crippen LogP contribution in [-0.2, 0) is 10.2 Å². The van der Waals surface area contributed by atoms with Crippen molar-refractivity contribution in [1.82, 2.24) is 0 Å². The van der Waals surface area contributed by atoms with Crippen molar-refractivity contribution in [3.05, 3.63) is 59.7 Å². The zero-order chi connectivity index (χ0) is 22.5. The Morgan fingerprint density at radius 3 is 1.90 bits per heavy atom. The van der Waals surface area contributed by atoms with Crippen LogP contribution >= 0.6 is 0 Å². The van der Waals surface area contributed by atoms with E-state index < -0.39 is 0 Å². The lowest BCUT2D eigenvalue weighted by atomic mass is 9.65. The van der Waals surface area contributed by atoms with E-state index in [0.717, 1.165) is 31.4 Å². The highest BCUT2D eigenvalue weighted by Gasteiger charge is 2.35. The molecule has 0 bridgehead atoms. The lowest BCUT2D eigenvalue weighted by molar-refractivity contribution is -0.137. The van der Waals surface area contributed by atoms with Crippen LogP contribution in [0.4, 0.5) is 0 Å². The van der Waals surface area contributed by atoms with Gasteiger partial charge in [0.05, 0.1) is 5.92 Å². The van der Waals surface area contributed by atoms with E-state index in [2.05, 4.69) is 57.2 Å². The molecule has 3 heteroatoms. The number of benzene rings is 2. The summed E-state index contributed by atoms with van der Waals surface area (Å²) in [5, 5.41) is 0. The average molecular weight is 423 g/mol. The van der Waals surface area contributed by atoms with E-state index in [9.17, 15) is 4.79 Å². The van der Waals surface area contributed by atoms with Gasteiger partial charge in [-0.15, -0.1) is 0 Å². The molecular formula is C28H38O3. The van der Waals surface area contributed by atoms with Gasteiger partial charge in [-0.2, -0.15) is 0 Å². The van der Waals surface area contributed by atoms with Crippen LogP contribution in [0, 0.1) is 5.92 Å². The minimum atomic E-state index is -0.193. The van der Waals surface area contributed by atoms with Crippen molar-refractivity contribution in [3.63, 3.8) is 0 Å². The lowest BCUT2D eigenvalue weighted by Gasteiger charge is -2.39. The molecule has 0 N–H and O–H groups in total. The topological polar surface area (TPSA) is 35.5 Å². The second kappa shape index (κ2) is 9.89. The number of carbonyl (C=O) groups excluding carboxylic acids is 1. The monoisotopic (exact) mass is 422 g/mol. The van der Waals surface area contributed by atoms with E-state index in [4.69, 9.17) is 9.47 Å². The van der Waals surface area contributed by atoms with Crippen LogP contribution in [-0.4, -0.2) is 11.6 Å². The normalized spacial score (nSPS) is 16.2. The van der Waals surface area contributed by atoms with Gasteiger partial charge in [0.1, 0.15) is 17.1 Å². The van der Waals surface area contributed by atoms with Gasteiger partial charge in [-0.1, -0.05) is 70.7 Å². The fourth-order valence-corrected chi connectivity index (χ4v) is 4.79. The van der Waals surface area contributed by atoms with Gasteiger partial charge in [0.25, 0.3) is 0 Å². The Balaban J connectivity index is 1.85. The highest BCUT2D eigenvalue weighted by Crippen LogP contribution is 2.45. The summed E-state index contributed by atoms with van der Waals surface area (Å²) in [4.78, 5) is 11.9. The molecule has 31 heavy (non-hydrogen) atoms. The van der Waals surface area contributed by atoms with Crippen LogP contribution in [0.1, 0.15) is 90.7 Å². The molecular weight excluding hydrogens is 384 g/mol. The quantitative estimate of drug-likeness (QED) is 0.327. The predicted molar refractivity (Wildman–Crippen MR) is 127 cm³/mol. The second-order valence-corrected chi connectivity index (χ2v) is 9.88. The van der Waals surface area contributed by atoms with E-state index in [1.165, 1.54) is 30.4 Å². The molecule has 0 saturated heterocycles. The van der Waals surface area contributed by atoms with Crippen LogP contribution < -0.4 is 9.47 Å². The van der Waals surface area contributed by atoms with Crippen molar-refractivity contribution in [2.24, 2.45) is 5.92 Å². The molecule has 0 spiro atoms. The molecule has 3 rings (SSSR count). The molecule has 0 aliphatic heterocycles. The largest absolute Gasteiger partial charge is 0.488 e. The van der Waals surface area contributed by atoms with Gasteiger partial charge in [-0.05, 0) is 68.5 Å². The van der Waals surface area contributed by atoms with Gasteiger partial charge in [0, 0.05) is 5.41 Å². The third-order valence-corrected chi connectivity index (χ3v) is 6.46. The molecule has 1 saturated carbocycles. The zero-order valence-corrected chi connectivity index (χ0v) is 19.9. The molecule has 1 aliphatic rings. The van der Waals surface area contributed by atoms with Crippen molar-refractivity contribution >= 4 is 5.97 Å². The summed E-state index contributed by atoms with van der Waals surface area (Å²) >= 11 is 0. The van der Waals surface area contributed by atoms with Crippen LogP contribution in [0.3, 0.4) is 0 Å². The van der Waals surface area contributed by atoms with Crippen molar-refractivity contribution < 1.29 is 14.3 Å². The number of carbonyl (C=O) groups is 1. The van der Waals surface area contributed by atoms with Gasteiger partial charge < -0.3 is 9.47 Å². The molecule has 0 unspecified atom stereocenters. The first-order valence-corrected chi connectivity index (χ1v) is 11.9. The molecule has 2 aromatic rings. The Morgan fingerprint density at radius 1 is 0.903 bits per heavy atom. The molecule has 0 heterocycles.